The predicted octanol–water partition coefficient (Wildman–Crippen LogP) is 2.11. The highest BCUT2D eigenvalue weighted by atomic mass is 15.1. The molecule has 0 bridgehead atoms. The Morgan fingerprint density at radius 1 is 1.36 bits per heavy atom. The molecule has 14 heavy (non-hydrogen) atoms. The zero-order valence-electron chi connectivity index (χ0n) is 10.1. The van der Waals surface area contributed by atoms with E-state index in [0.29, 0.717) is 6.04 Å². The van der Waals surface area contributed by atoms with Gasteiger partial charge in [0.1, 0.15) is 0 Å². The fraction of sp³-hybridized carbons (Fsp3) is 1.00. The van der Waals surface area contributed by atoms with Gasteiger partial charge < -0.3 is 10.2 Å². The minimum Gasteiger partial charge on any atom is -0.316 e. The van der Waals surface area contributed by atoms with Crippen molar-refractivity contribution in [3.8, 4) is 0 Å². The van der Waals surface area contributed by atoms with Gasteiger partial charge in [-0.15, -0.1) is 0 Å². The summed E-state index contributed by atoms with van der Waals surface area (Å²) >= 11 is 0. The molecule has 0 amide bonds. The van der Waals surface area contributed by atoms with Crippen molar-refractivity contribution in [3.63, 3.8) is 0 Å². The maximum atomic E-state index is 3.42. The summed E-state index contributed by atoms with van der Waals surface area (Å²) in [7, 11) is 2.09. The molecule has 0 aromatic carbocycles. The first-order valence-corrected chi connectivity index (χ1v) is 6.19. The van der Waals surface area contributed by atoms with E-state index in [1.54, 1.807) is 0 Å². The Hall–Kier alpha value is -0.0800. The van der Waals surface area contributed by atoms with E-state index in [4.69, 9.17) is 0 Å². The normalized spacial score (nSPS) is 18.9. The van der Waals surface area contributed by atoms with Gasteiger partial charge in [-0.1, -0.05) is 20.3 Å². The SMILES string of the molecule is CCCC(CN(CC)CC1CC1)NC. The molecule has 1 aliphatic rings. The largest absolute Gasteiger partial charge is 0.316 e. The van der Waals surface area contributed by atoms with E-state index in [2.05, 4.69) is 31.1 Å². The lowest BCUT2D eigenvalue weighted by Crippen LogP contribution is -2.40. The lowest BCUT2D eigenvalue weighted by atomic mass is 10.1. The first-order valence-electron chi connectivity index (χ1n) is 6.19. The Bertz CT molecular complexity index is 143. The standard InChI is InChI=1S/C12H26N2/c1-4-6-12(13-3)10-14(5-2)9-11-7-8-11/h11-13H,4-10H2,1-3H3. The molecule has 0 saturated heterocycles. The first kappa shape index (κ1) is 12.0. The number of nitrogens with zero attached hydrogens (tertiary/aromatic N) is 1. The Morgan fingerprint density at radius 2 is 2.07 bits per heavy atom. The molecule has 1 unspecified atom stereocenters. The molecule has 0 spiro atoms. The molecule has 0 radical (unpaired) electrons. The van der Waals surface area contributed by atoms with Crippen molar-refractivity contribution in [1.82, 2.24) is 10.2 Å². The molecular weight excluding hydrogens is 172 g/mol. The van der Waals surface area contributed by atoms with Crippen LogP contribution in [0.15, 0.2) is 0 Å². The first-order chi connectivity index (χ1) is 6.80. The van der Waals surface area contributed by atoms with Crippen molar-refractivity contribution >= 4 is 0 Å². The van der Waals surface area contributed by atoms with Gasteiger partial charge in [-0.3, -0.25) is 0 Å². The second-order valence-electron chi connectivity index (χ2n) is 4.57. The van der Waals surface area contributed by atoms with Crippen molar-refractivity contribution in [2.24, 2.45) is 5.92 Å². The monoisotopic (exact) mass is 198 g/mol. The number of rotatable bonds is 8. The molecule has 1 fully saturated rings. The summed E-state index contributed by atoms with van der Waals surface area (Å²) in [6.07, 6.45) is 5.52. The van der Waals surface area contributed by atoms with Crippen molar-refractivity contribution < 1.29 is 0 Å². The highest BCUT2D eigenvalue weighted by Crippen LogP contribution is 2.29. The quantitative estimate of drug-likeness (QED) is 0.642. The van der Waals surface area contributed by atoms with Gasteiger partial charge in [0.15, 0.2) is 0 Å². The van der Waals surface area contributed by atoms with Gasteiger partial charge in [-0.2, -0.15) is 0 Å². The highest BCUT2D eigenvalue weighted by molar-refractivity contribution is 4.79. The number of likely N-dealkylation sites (N-methyl/N-ethyl adjacent to an activating group) is 2. The van der Waals surface area contributed by atoms with Gasteiger partial charge in [-0.25, -0.2) is 0 Å². The van der Waals surface area contributed by atoms with Crippen LogP contribution >= 0.6 is 0 Å². The van der Waals surface area contributed by atoms with E-state index in [1.165, 1.54) is 45.3 Å². The lowest BCUT2D eigenvalue weighted by Gasteiger charge is -2.26. The zero-order chi connectivity index (χ0) is 10.4. The van der Waals surface area contributed by atoms with E-state index in [9.17, 15) is 0 Å². The topological polar surface area (TPSA) is 15.3 Å². The molecule has 1 atom stereocenters. The van der Waals surface area contributed by atoms with Crippen LogP contribution in [-0.2, 0) is 0 Å². The molecule has 2 heteroatoms. The minimum atomic E-state index is 0.693. The van der Waals surface area contributed by atoms with E-state index >= 15 is 0 Å². The minimum absolute atomic E-state index is 0.693. The summed E-state index contributed by atoms with van der Waals surface area (Å²) in [5, 5.41) is 3.42. The van der Waals surface area contributed by atoms with Crippen molar-refractivity contribution in [2.45, 2.75) is 45.6 Å². The average Bonchev–Trinajstić information content (AvgIpc) is 2.99. The van der Waals surface area contributed by atoms with Crippen LogP contribution in [0.1, 0.15) is 39.5 Å². The molecule has 84 valence electrons. The number of nitrogens with one attached hydrogen (secondary N) is 1. The van der Waals surface area contributed by atoms with Crippen LogP contribution in [0, 0.1) is 5.92 Å². The summed E-state index contributed by atoms with van der Waals surface area (Å²) in [5.41, 5.74) is 0. The molecule has 0 aliphatic heterocycles. The van der Waals surface area contributed by atoms with Gasteiger partial charge >= 0.3 is 0 Å². The van der Waals surface area contributed by atoms with Crippen molar-refractivity contribution in [3.05, 3.63) is 0 Å². The zero-order valence-corrected chi connectivity index (χ0v) is 10.1. The van der Waals surface area contributed by atoms with Gasteiger partial charge in [-0.05, 0) is 38.8 Å². The van der Waals surface area contributed by atoms with E-state index in [1.807, 2.05) is 0 Å². The van der Waals surface area contributed by atoms with Crippen LogP contribution in [0.5, 0.6) is 0 Å². The third kappa shape index (κ3) is 4.43. The fourth-order valence-electron chi connectivity index (χ4n) is 1.99. The Kier molecular flexibility index (Phi) is 5.49. The van der Waals surface area contributed by atoms with Crippen molar-refractivity contribution in [2.75, 3.05) is 26.7 Å². The molecule has 2 nitrogen and oxygen atoms in total. The maximum absolute atomic E-state index is 3.42. The molecule has 1 N–H and O–H groups in total. The highest BCUT2D eigenvalue weighted by Gasteiger charge is 2.24. The average molecular weight is 198 g/mol. The Labute approximate surface area is 89.1 Å². The molecule has 1 aliphatic carbocycles. The Morgan fingerprint density at radius 3 is 2.50 bits per heavy atom. The van der Waals surface area contributed by atoms with Crippen molar-refractivity contribution in [1.29, 1.82) is 0 Å². The summed E-state index contributed by atoms with van der Waals surface area (Å²) in [4.78, 5) is 2.61. The number of hydrogen-bond donors (Lipinski definition) is 1. The van der Waals surface area contributed by atoms with E-state index in [-0.39, 0.29) is 0 Å². The molecule has 1 rings (SSSR count). The number of hydrogen-bond acceptors (Lipinski definition) is 2. The summed E-state index contributed by atoms with van der Waals surface area (Å²) in [6.45, 7) is 8.32. The molecule has 0 aromatic heterocycles. The summed E-state index contributed by atoms with van der Waals surface area (Å²) in [6, 6.07) is 0.693. The molecule has 0 heterocycles. The van der Waals surface area contributed by atoms with Gasteiger partial charge in [0, 0.05) is 19.1 Å². The van der Waals surface area contributed by atoms with Gasteiger partial charge in [0.2, 0.25) is 0 Å². The van der Waals surface area contributed by atoms with Crippen LogP contribution in [0.2, 0.25) is 0 Å². The second-order valence-corrected chi connectivity index (χ2v) is 4.57. The van der Waals surface area contributed by atoms with Crippen LogP contribution in [0.4, 0.5) is 0 Å². The van der Waals surface area contributed by atoms with Crippen LogP contribution in [0.25, 0.3) is 0 Å². The van der Waals surface area contributed by atoms with Crippen LogP contribution < -0.4 is 5.32 Å². The third-order valence-corrected chi connectivity index (χ3v) is 3.18. The smallest absolute Gasteiger partial charge is 0.0191 e. The second kappa shape index (κ2) is 6.41. The lowest BCUT2D eigenvalue weighted by molar-refractivity contribution is 0.242. The third-order valence-electron chi connectivity index (χ3n) is 3.18. The maximum Gasteiger partial charge on any atom is 0.0191 e. The van der Waals surface area contributed by atoms with Crippen LogP contribution in [-0.4, -0.2) is 37.6 Å². The predicted molar refractivity (Wildman–Crippen MR) is 62.6 cm³/mol. The van der Waals surface area contributed by atoms with Gasteiger partial charge in [0.25, 0.3) is 0 Å². The van der Waals surface area contributed by atoms with E-state index < -0.39 is 0 Å². The molecular formula is C12H26N2. The Balaban J connectivity index is 2.20. The summed E-state index contributed by atoms with van der Waals surface area (Å²) < 4.78 is 0. The molecule has 0 aromatic rings. The summed E-state index contributed by atoms with van der Waals surface area (Å²) in [5.74, 6) is 1.02. The van der Waals surface area contributed by atoms with Crippen LogP contribution in [0.3, 0.4) is 0 Å². The fourth-order valence-corrected chi connectivity index (χ4v) is 1.99. The molecule has 1 saturated carbocycles. The van der Waals surface area contributed by atoms with Gasteiger partial charge in [0.05, 0.1) is 0 Å². The van der Waals surface area contributed by atoms with E-state index in [0.717, 1.165) is 5.92 Å².